The molecule has 0 saturated carbocycles. The van der Waals surface area contributed by atoms with Gasteiger partial charge in [0.1, 0.15) is 5.56 Å². The van der Waals surface area contributed by atoms with Crippen LogP contribution in [0.4, 0.5) is 24.8 Å². The van der Waals surface area contributed by atoms with Gasteiger partial charge in [-0.1, -0.05) is 12.1 Å². The lowest BCUT2D eigenvalue weighted by Crippen LogP contribution is -2.10. The number of aromatic nitrogens is 5. The van der Waals surface area contributed by atoms with Gasteiger partial charge in [0.15, 0.2) is 17.3 Å². The molecular weight excluding hydrogens is 493 g/mol. The van der Waals surface area contributed by atoms with Gasteiger partial charge in [-0.2, -0.15) is 23.3 Å². The molecule has 1 aromatic carbocycles. The number of hydrogen-bond donors (Lipinski definition) is 1. The Balaban J connectivity index is 1.84. The number of ketones is 1. The fraction of sp³-hybridized carbons (Fsp3) is 0.167. The molecule has 0 amide bonds. The van der Waals surface area contributed by atoms with Crippen molar-refractivity contribution in [2.75, 3.05) is 19.5 Å². The summed E-state index contributed by atoms with van der Waals surface area (Å²) in [6, 6.07) is 8.77. The monoisotopic (exact) mass is 512 g/mol. The molecule has 0 spiro atoms. The Morgan fingerprint density at radius 2 is 1.84 bits per heavy atom. The summed E-state index contributed by atoms with van der Waals surface area (Å²) < 4.78 is 50.6. The number of nitrogens with zero attached hydrogens (tertiary/aromatic N) is 5. The Labute approximate surface area is 208 Å². The lowest BCUT2D eigenvalue weighted by Gasteiger charge is -2.13. The molecule has 0 radical (unpaired) electrons. The molecule has 190 valence electrons. The van der Waals surface area contributed by atoms with Crippen molar-refractivity contribution in [2.24, 2.45) is 0 Å². The Morgan fingerprint density at radius 3 is 2.49 bits per heavy atom. The lowest BCUT2D eigenvalue weighted by atomic mass is 10.1. The quantitative estimate of drug-likeness (QED) is 0.282. The molecule has 0 atom stereocenters. The molecule has 0 aliphatic carbocycles. The molecule has 4 aromatic rings. The van der Waals surface area contributed by atoms with Gasteiger partial charge in [0.25, 0.3) is 0 Å². The average Bonchev–Trinajstić information content (AvgIpc) is 3.39. The van der Waals surface area contributed by atoms with Crippen LogP contribution in [0.2, 0.25) is 0 Å². The van der Waals surface area contributed by atoms with Crippen molar-refractivity contribution in [1.29, 1.82) is 0 Å². The Morgan fingerprint density at radius 1 is 1.05 bits per heavy atom. The number of alkyl halides is 3. The Kier molecular flexibility index (Phi) is 6.87. The first-order valence-corrected chi connectivity index (χ1v) is 10.6. The zero-order chi connectivity index (χ0) is 26.7. The fourth-order valence-electron chi connectivity index (χ4n) is 3.37. The number of nitrogens with one attached hydrogen (secondary N) is 1. The number of carbonyl (C=O) groups is 2. The minimum Gasteiger partial charge on any atom is -0.480 e. The van der Waals surface area contributed by atoms with Crippen LogP contribution in [0.25, 0.3) is 16.9 Å². The third-order valence-corrected chi connectivity index (χ3v) is 5.15. The van der Waals surface area contributed by atoms with Crippen LogP contribution >= 0.6 is 0 Å². The number of hydrogen-bond acceptors (Lipinski definition) is 9. The first kappa shape index (κ1) is 25.3. The van der Waals surface area contributed by atoms with Crippen LogP contribution in [0, 0.1) is 0 Å². The minimum absolute atomic E-state index is 0.000144. The molecule has 1 N–H and O–H groups in total. The molecule has 3 aromatic heterocycles. The van der Waals surface area contributed by atoms with E-state index in [4.69, 9.17) is 9.47 Å². The van der Waals surface area contributed by atoms with Crippen molar-refractivity contribution >= 4 is 23.4 Å². The van der Waals surface area contributed by atoms with E-state index in [0.717, 1.165) is 16.9 Å². The molecule has 3 heterocycles. The van der Waals surface area contributed by atoms with Crippen molar-refractivity contribution in [3.8, 4) is 22.8 Å². The molecule has 4 rings (SSSR count). The number of esters is 1. The number of ether oxygens (including phenoxy) is 2. The van der Waals surface area contributed by atoms with Crippen LogP contribution in [-0.4, -0.2) is 50.7 Å². The van der Waals surface area contributed by atoms with E-state index < -0.39 is 17.8 Å². The molecular formula is C24H19F3N6O4. The summed E-state index contributed by atoms with van der Waals surface area (Å²) in [4.78, 5) is 36.7. The predicted molar refractivity (Wildman–Crippen MR) is 125 cm³/mol. The van der Waals surface area contributed by atoms with Crippen molar-refractivity contribution in [2.45, 2.75) is 13.1 Å². The average molecular weight is 512 g/mol. The molecule has 0 aliphatic heterocycles. The van der Waals surface area contributed by atoms with Gasteiger partial charge in [-0.3, -0.25) is 4.79 Å². The van der Waals surface area contributed by atoms with Crippen LogP contribution < -0.4 is 10.1 Å². The van der Waals surface area contributed by atoms with Gasteiger partial charge in [-0.15, -0.1) is 0 Å². The number of carbonyl (C=O) groups excluding carboxylic acids is 2. The molecule has 13 heteroatoms. The second-order valence-corrected chi connectivity index (χ2v) is 7.61. The standard InChI is InChI=1S/C24H19F3N6O4/c1-13(34)14-5-4-6-16(9-14)30-23-29-12-18(15-10-17(22(35)37-3)21(36-2)28-11-15)20(31-23)33-8-7-19(32-33)24(25,26)27/h4-12H,1-3H3,(H,29,30,31). The van der Waals surface area contributed by atoms with Crippen molar-refractivity contribution < 1.29 is 32.2 Å². The normalized spacial score (nSPS) is 11.2. The molecule has 0 fully saturated rings. The minimum atomic E-state index is -4.67. The van der Waals surface area contributed by atoms with Crippen molar-refractivity contribution in [3.63, 3.8) is 0 Å². The van der Waals surface area contributed by atoms with Gasteiger partial charge < -0.3 is 14.8 Å². The first-order chi connectivity index (χ1) is 17.6. The van der Waals surface area contributed by atoms with Gasteiger partial charge >= 0.3 is 12.1 Å². The SMILES string of the molecule is COC(=O)c1cc(-c2cnc(Nc3cccc(C(C)=O)c3)nc2-n2ccc(C(F)(F)F)n2)cnc1OC. The highest BCUT2D eigenvalue weighted by molar-refractivity contribution is 5.95. The second kappa shape index (κ2) is 10.0. The second-order valence-electron chi connectivity index (χ2n) is 7.61. The number of methoxy groups -OCH3 is 2. The highest BCUT2D eigenvalue weighted by atomic mass is 19.4. The largest absolute Gasteiger partial charge is 0.480 e. The summed E-state index contributed by atoms with van der Waals surface area (Å²) in [5.74, 6) is -0.877. The maximum Gasteiger partial charge on any atom is 0.435 e. The molecule has 37 heavy (non-hydrogen) atoms. The van der Waals surface area contributed by atoms with Gasteiger partial charge in [0.2, 0.25) is 11.8 Å². The molecule has 0 bridgehead atoms. The van der Waals surface area contributed by atoms with Crippen LogP contribution in [0.3, 0.4) is 0 Å². The first-order valence-electron chi connectivity index (χ1n) is 10.6. The molecule has 10 nitrogen and oxygen atoms in total. The third kappa shape index (κ3) is 5.39. The van der Waals surface area contributed by atoms with Crippen molar-refractivity contribution in [1.82, 2.24) is 24.7 Å². The summed E-state index contributed by atoms with van der Waals surface area (Å²) in [7, 11) is 2.51. The highest BCUT2D eigenvalue weighted by Crippen LogP contribution is 2.32. The number of anilines is 2. The number of halogens is 3. The highest BCUT2D eigenvalue weighted by Gasteiger charge is 2.34. The van der Waals surface area contributed by atoms with E-state index in [-0.39, 0.29) is 34.6 Å². The molecule has 0 aliphatic rings. The van der Waals surface area contributed by atoms with Gasteiger partial charge in [0, 0.05) is 41.0 Å². The van der Waals surface area contributed by atoms with E-state index in [9.17, 15) is 22.8 Å². The van der Waals surface area contributed by atoms with E-state index in [2.05, 4.69) is 25.4 Å². The van der Waals surface area contributed by atoms with E-state index in [1.807, 2.05) is 0 Å². The van der Waals surface area contributed by atoms with E-state index in [0.29, 0.717) is 16.8 Å². The number of rotatable bonds is 7. The van der Waals surface area contributed by atoms with Crippen LogP contribution in [0.1, 0.15) is 33.3 Å². The summed E-state index contributed by atoms with van der Waals surface area (Å²) in [6.07, 6.45) is -0.872. The van der Waals surface area contributed by atoms with Gasteiger partial charge in [0.05, 0.1) is 14.2 Å². The summed E-state index contributed by atoms with van der Waals surface area (Å²) in [6.45, 7) is 1.42. The van der Waals surface area contributed by atoms with E-state index in [1.54, 1.807) is 24.3 Å². The maximum atomic E-state index is 13.3. The maximum absolute atomic E-state index is 13.3. The third-order valence-electron chi connectivity index (χ3n) is 5.15. The molecule has 0 unspecified atom stereocenters. The van der Waals surface area contributed by atoms with Gasteiger partial charge in [-0.25, -0.2) is 19.4 Å². The Hall–Kier alpha value is -4.81. The Bertz CT molecular complexity index is 1490. The van der Waals surface area contributed by atoms with E-state index >= 15 is 0 Å². The van der Waals surface area contributed by atoms with Crippen molar-refractivity contribution in [3.05, 3.63) is 71.8 Å². The summed E-state index contributed by atoms with van der Waals surface area (Å²) >= 11 is 0. The zero-order valence-electron chi connectivity index (χ0n) is 19.7. The van der Waals surface area contributed by atoms with Crippen LogP contribution in [0.15, 0.2) is 55.0 Å². The van der Waals surface area contributed by atoms with E-state index in [1.165, 1.54) is 39.6 Å². The number of benzene rings is 1. The lowest BCUT2D eigenvalue weighted by molar-refractivity contribution is -0.141. The summed E-state index contributed by atoms with van der Waals surface area (Å²) in [5, 5.41) is 6.56. The topological polar surface area (TPSA) is 121 Å². The van der Waals surface area contributed by atoms with Crippen LogP contribution in [-0.2, 0) is 10.9 Å². The molecule has 0 saturated heterocycles. The van der Waals surface area contributed by atoms with Gasteiger partial charge in [-0.05, 0) is 31.2 Å². The fourth-order valence-corrected chi connectivity index (χ4v) is 3.37. The number of pyridine rings is 1. The number of Topliss-reactive ketones (excluding diaryl/α,β-unsaturated/α-hetero) is 1. The van der Waals surface area contributed by atoms with Crippen LogP contribution in [0.5, 0.6) is 5.88 Å². The zero-order valence-corrected chi connectivity index (χ0v) is 19.7. The smallest absolute Gasteiger partial charge is 0.435 e. The predicted octanol–water partition coefficient (Wildman–Crippen LogP) is 4.48. The summed E-state index contributed by atoms with van der Waals surface area (Å²) in [5.41, 5.74) is 0.327.